The zero-order chi connectivity index (χ0) is 16.2. The Morgan fingerprint density at radius 2 is 2.09 bits per heavy atom. The number of anilines is 1. The van der Waals surface area contributed by atoms with Gasteiger partial charge in [-0.2, -0.15) is 24.5 Å². The smallest absolute Gasteiger partial charge is 0.387 e. The molecule has 0 bridgehead atoms. The Morgan fingerprint density at radius 3 is 2.73 bits per heavy atom. The number of benzene rings is 1. The lowest BCUT2D eigenvalue weighted by atomic mass is 10.2. The second-order valence-electron chi connectivity index (χ2n) is 4.49. The van der Waals surface area contributed by atoms with E-state index in [0.29, 0.717) is 5.56 Å². The van der Waals surface area contributed by atoms with Crippen molar-refractivity contribution in [2.75, 3.05) is 11.9 Å². The molecule has 0 saturated heterocycles. The lowest BCUT2D eigenvalue weighted by Crippen LogP contribution is -2.32. The van der Waals surface area contributed by atoms with E-state index in [1.807, 2.05) is 0 Å². The fraction of sp³-hybridized carbons (Fsp3) is 0.214. The Bertz CT molecular complexity index is 629. The third-order valence-electron chi connectivity index (χ3n) is 2.83. The molecular weight excluding hydrogens is 317 g/mol. The third-order valence-corrected chi connectivity index (χ3v) is 3.53. The highest BCUT2D eigenvalue weighted by molar-refractivity contribution is 7.07. The van der Waals surface area contributed by atoms with E-state index in [1.165, 1.54) is 23.5 Å². The van der Waals surface area contributed by atoms with E-state index in [4.69, 9.17) is 0 Å². The number of halogens is 3. The number of hydrogen-bond acceptors (Lipinski definition) is 3. The van der Waals surface area contributed by atoms with Gasteiger partial charge >= 0.3 is 12.2 Å². The SMILES string of the molecule is O=C(NCC(O)c1ccsc1)Nc1cccc(C(F)(F)F)c1. The Balaban J connectivity index is 1.90. The van der Waals surface area contributed by atoms with Gasteiger partial charge in [-0.1, -0.05) is 6.07 Å². The molecule has 1 aromatic heterocycles. The first-order chi connectivity index (χ1) is 10.4. The van der Waals surface area contributed by atoms with E-state index < -0.39 is 23.9 Å². The number of aliphatic hydroxyl groups excluding tert-OH is 1. The number of carbonyl (C=O) groups excluding carboxylic acids is 1. The highest BCUT2D eigenvalue weighted by Crippen LogP contribution is 2.30. The van der Waals surface area contributed by atoms with E-state index in [9.17, 15) is 23.1 Å². The number of thiophene rings is 1. The van der Waals surface area contributed by atoms with E-state index in [2.05, 4.69) is 10.6 Å². The Labute approximate surface area is 128 Å². The van der Waals surface area contributed by atoms with Crippen LogP contribution in [-0.2, 0) is 6.18 Å². The summed E-state index contributed by atoms with van der Waals surface area (Å²) in [6.45, 7) is -0.0402. The van der Waals surface area contributed by atoms with Crippen LogP contribution in [0.25, 0.3) is 0 Å². The van der Waals surface area contributed by atoms with Crippen molar-refractivity contribution in [2.24, 2.45) is 0 Å². The minimum Gasteiger partial charge on any atom is -0.387 e. The average Bonchev–Trinajstić information content (AvgIpc) is 2.98. The highest BCUT2D eigenvalue weighted by Gasteiger charge is 2.30. The van der Waals surface area contributed by atoms with Crippen molar-refractivity contribution in [1.29, 1.82) is 0 Å². The fourth-order valence-electron chi connectivity index (χ4n) is 1.72. The van der Waals surface area contributed by atoms with Crippen LogP contribution in [0.1, 0.15) is 17.2 Å². The molecule has 0 aliphatic rings. The molecule has 0 saturated carbocycles. The normalized spacial score (nSPS) is 12.7. The van der Waals surface area contributed by atoms with E-state index in [-0.39, 0.29) is 12.2 Å². The molecule has 2 rings (SSSR count). The van der Waals surface area contributed by atoms with Gasteiger partial charge in [-0.3, -0.25) is 0 Å². The Kier molecular flexibility index (Phi) is 5.04. The number of alkyl halides is 3. The molecule has 22 heavy (non-hydrogen) atoms. The van der Waals surface area contributed by atoms with Gasteiger partial charge in [0.05, 0.1) is 11.7 Å². The van der Waals surface area contributed by atoms with Crippen molar-refractivity contribution in [3.63, 3.8) is 0 Å². The Hall–Kier alpha value is -2.06. The topological polar surface area (TPSA) is 61.4 Å². The molecule has 1 aromatic carbocycles. The summed E-state index contributed by atoms with van der Waals surface area (Å²) in [6.07, 6.45) is -5.33. The molecule has 0 fully saturated rings. The quantitative estimate of drug-likeness (QED) is 0.802. The van der Waals surface area contributed by atoms with Crippen LogP contribution < -0.4 is 10.6 Å². The van der Waals surface area contributed by atoms with Crippen molar-refractivity contribution in [1.82, 2.24) is 5.32 Å². The van der Waals surface area contributed by atoms with Crippen LogP contribution in [0.3, 0.4) is 0 Å². The summed E-state index contributed by atoms with van der Waals surface area (Å²) in [5.74, 6) is 0. The highest BCUT2D eigenvalue weighted by atomic mass is 32.1. The van der Waals surface area contributed by atoms with Gasteiger partial charge in [0.25, 0.3) is 0 Å². The van der Waals surface area contributed by atoms with Gasteiger partial charge in [0.1, 0.15) is 0 Å². The van der Waals surface area contributed by atoms with Crippen LogP contribution in [0.5, 0.6) is 0 Å². The summed E-state index contributed by atoms with van der Waals surface area (Å²) in [7, 11) is 0. The largest absolute Gasteiger partial charge is 0.416 e. The van der Waals surface area contributed by atoms with Gasteiger partial charge in [0, 0.05) is 12.2 Å². The van der Waals surface area contributed by atoms with Gasteiger partial charge in [-0.15, -0.1) is 0 Å². The van der Waals surface area contributed by atoms with Crippen LogP contribution in [0, 0.1) is 0 Å². The maximum Gasteiger partial charge on any atom is 0.416 e. The van der Waals surface area contributed by atoms with Crippen LogP contribution in [-0.4, -0.2) is 17.7 Å². The first-order valence-electron chi connectivity index (χ1n) is 6.28. The van der Waals surface area contributed by atoms with Crippen LogP contribution >= 0.6 is 11.3 Å². The molecular formula is C14H13F3N2O2S. The van der Waals surface area contributed by atoms with Crippen molar-refractivity contribution in [3.05, 3.63) is 52.2 Å². The number of carbonyl (C=O) groups is 1. The molecule has 3 N–H and O–H groups in total. The number of nitrogens with one attached hydrogen (secondary N) is 2. The third kappa shape index (κ3) is 4.47. The second kappa shape index (κ2) is 6.80. The summed E-state index contributed by atoms with van der Waals surface area (Å²) in [6, 6.07) is 5.36. The summed E-state index contributed by atoms with van der Waals surface area (Å²) in [5, 5.41) is 18.0. The molecule has 2 amide bonds. The summed E-state index contributed by atoms with van der Waals surface area (Å²) in [4.78, 5) is 11.6. The first kappa shape index (κ1) is 16.3. The molecule has 2 aromatic rings. The first-order valence-corrected chi connectivity index (χ1v) is 7.23. The molecule has 0 radical (unpaired) electrons. The van der Waals surface area contributed by atoms with E-state index in [1.54, 1.807) is 16.8 Å². The zero-order valence-corrected chi connectivity index (χ0v) is 12.0. The number of urea groups is 1. The minimum atomic E-state index is -4.47. The van der Waals surface area contributed by atoms with Gasteiger partial charge < -0.3 is 15.7 Å². The number of hydrogen-bond donors (Lipinski definition) is 3. The zero-order valence-electron chi connectivity index (χ0n) is 11.2. The number of amides is 2. The molecule has 4 nitrogen and oxygen atoms in total. The lowest BCUT2D eigenvalue weighted by Gasteiger charge is -2.13. The predicted octanol–water partition coefficient (Wildman–Crippen LogP) is 3.62. The summed E-state index contributed by atoms with van der Waals surface area (Å²) < 4.78 is 37.7. The van der Waals surface area contributed by atoms with Gasteiger partial charge in [0.2, 0.25) is 0 Å². The molecule has 1 atom stereocenters. The maximum atomic E-state index is 12.6. The van der Waals surface area contributed by atoms with Crippen molar-refractivity contribution in [2.45, 2.75) is 12.3 Å². The molecule has 0 aliphatic carbocycles. The second-order valence-corrected chi connectivity index (χ2v) is 5.27. The van der Waals surface area contributed by atoms with E-state index >= 15 is 0 Å². The Morgan fingerprint density at radius 1 is 1.32 bits per heavy atom. The lowest BCUT2D eigenvalue weighted by molar-refractivity contribution is -0.137. The van der Waals surface area contributed by atoms with Crippen LogP contribution in [0.2, 0.25) is 0 Å². The maximum absolute atomic E-state index is 12.6. The number of rotatable bonds is 4. The number of aliphatic hydroxyl groups is 1. The molecule has 8 heteroatoms. The standard InChI is InChI=1S/C14H13F3N2O2S/c15-14(16,17)10-2-1-3-11(6-10)19-13(21)18-7-12(20)9-4-5-22-8-9/h1-6,8,12,20H,7H2,(H2,18,19,21). The van der Waals surface area contributed by atoms with Gasteiger partial charge in [-0.05, 0) is 40.6 Å². The molecule has 1 heterocycles. The predicted molar refractivity (Wildman–Crippen MR) is 77.7 cm³/mol. The van der Waals surface area contributed by atoms with Crippen LogP contribution in [0.15, 0.2) is 41.1 Å². The molecule has 0 aliphatic heterocycles. The monoisotopic (exact) mass is 330 g/mol. The minimum absolute atomic E-state index is 0.0253. The molecule has 0 spiro atoms. The van der Waals surface area contributed by atoms with Crippen molar-refractivity contribution < 1.29 is 23.1 Å². The average molecular weight is 330 g/mol. The fourth-order valence-corrected chi connectivity index (χ4v) is 2.43. The van der Waals surface area contributed by atoms with Crippen molar-refractivity contribution in [3.8, 4) is 0 Å². The summed E-state index contributed by atoms with van der Waals surface area (Å²) in [5.41, 5.74) is -0.148. The molecule has 118 valence electrons. The van der Waals surface area contributed by atoms with Gasteiger partial charge in [0.15, 0.2) is 0 Å². The summed E-state index contributed by atoms with van der Waals surface area (Å²) >= 11 is 1.41. The van der Waals surface area contributed by atoms with Gasteiger partial charge in [-0.25, -0.2) is 4.79 Å². The van der Waals surface area contributed by atoms with E-state index in [0.717, 1.165) is 12.1 Å². The van der Waals surface area contributed by atoms with Crippen LogP contribution in [0.4, 0.5) is 23.7 Å². The van der Waals surface area contributed by atoms with Crippen molar-refractivity contribution >= 4 is 23.1 Å². The molecule has 1 unspecified atom stereocenters.